The Labute approximate surface area is 112 Å². The van der Waals surface area contributed by atoms with Crippen LogP contribution in [0.4, 0.5) is 0 Å². The molecule has 1 heterocycles. The molecule has 0 aliphatic heterocycles. The molecule has 19 heavy (non-hydrogen) atoms. The van der Waals surface area contributed by atoms with E-state index in [2.05, 4.69) is 15.5 Å². The van der Waals surface area contributed by atoms with Crippen molar-refractivity contribution >= 4 is 5.91 Å². The third-order valence-corrected chi connectivity index (χ3v) is 3.02. The lowest BCUT2D eigenvalue weighted by atomic mass is 10.1. The molecule has 0 bridgehead atoms. The van der Waals surface area contributed by atoms with Crippen molar-refractivity contribution < 1.29 is 4.79 Å². The van der Waals surface area contributed by atoms with E-state index in [9.17, 15) is 4.79 Å². The second-order valence-corrected chi connectivity index (χ2v) is 4.44. The number of nitrogens with one attached hydrogen (secondary N) is 2. The summed E-state index contributed by atoms with van der Waals surface area (Å²) in [7, 11) is 0. The molecule has 0 aliphatic rings. The van der Waals surface area contributed by atoms with Gasteiger partial charge in [0.2, 0.25) is 0 Å². The van der Waals surface area contributed by atoms with Gasteiger partial charge in [0.25, 0.3) is 5.91 Å². The Morgan fingerprint density at radius 1 is 1.37 bits per heavy atom. The van der Waals surface area contributed by atoms with Crippen molar-refractivity contribution in [3.8, 4) is 0 Å². The molecular weight excluding hydrogens is 240 g/mol. The number of amides is 1. The molecule has 1 aromatic carbocycles. The highest BCUT2D eigenvalue weighted by molar-refractivity contribution is 5.94. The van der Waals surface area contributed by atoms with E-state index in [1.54, 1.807) is 6.20 Å². The zero-order chi connectivity index (χ0) is 13.7. The first-order valence-corrected chi connectivity index (χ1v) is 6.26. The maximum Gasteiger partial charge on any atom is 0.251 e. The van der Waals surface area contributed by atoms with Crippen LogP contribution in [-0.4, -0.2) is 22.6 Å². The molecule has 0 fully saturated rings. The van der Waals surface area contributed by atoms with Gasteiger partial charge in [-0.2, -0.15) is 5.10 Å². The fourth-order valence-corrected chi connectivity index (χ4v) is 1.82. The molecule has 2 rings (SSSR count). The Morgan fingerprint density at radius 3 is 2.68 bits per heavy atom. The predicted molar refractivity (Wildman–Crippen MR) is 73.7 cm³/mol. The molecule has 2 aromatic rings. The first-order valence-electron chi connectivity index (χ1n) is 6.26. The summed E-state index contributed by atoms with van der Waals surface area (Å²) in [6.45, 7) is 3.02. The Morgan fingerprint density at radius 2 is 2.11 bits per heavy atom. The summed E-state index contributed by atoms with van der Waals surface area (Å²) in [5, 5.41) is 9.63. The Balaban J connectivity index is 1.94. The minimum Gasteiger partial charge on any atom is -0.348 e. The second-order valence-electron chi connectivity index (χ2n) is 4.44. The Kier molecular flexibility index (Phi) is 4.30. The van der Waals surface area contributed by atoms with Gasteiger partial charge in [0, 0.05) is 23.4 Å². The highest BCUT2D eigenvalue weighted by atomic mass is 16.1. The van der Waals surface area contributed by atoms with E-state index in [0.717, 1.165) is 23.2 Å². The summed E-state index contributed by atoms with van der Waals surface area (Å²) in [4.78, 5) is 12.0. The standard InChI is InChI=1S/C14H18N4O/c1-10-13(9-17-18-10)8-16-14(19)12-4-2-11(3-5-12)6-7-15/h2-5,9H,6-8,15H2,1H3,(H,16,19)(H,17,18). The van der Waals surface area contributed by atoms with Gasteiger partial charge in [0.05, 0.1) is 6.20 Å². The molecule has 0 saturated heterocycles. The van der Waals surface area contributed by atoms with E-state index in [4.69, 9.17) is 5.73 Å². The number of benzene rings is 1. The largest absolute Gasteiger partial charge is 0.348 e. The van der Waals surface area contributed by atoms with Gasteiger partial charge < -0.3 is 11.1 Å². The van der Waals surface area contributed by atoms with E-state index in [1.807, 2.05) is 31.2 Å². The SMILES string of the molecule is Cc1[nH]ncc1CNC(=O)c1ccc(CCN)cc1. The van der Waals surface area contributed by atoms with Gasteiger partial charge in [-0.15, -0.1) is 0 Å². The van der Waals surface area contributed by atoms with Crippen LogP contribution in [0.1, 0.15) is 27.2 Å². The molecule has 0 aliphatic carbocycles. The highest BCUT2D eigenvalue weighted by Gasteiger charge is 2.06. The van der Waals surface area contributed by atoms with Crippen LogP contribution in [0.25, 0.3) is 0 Å². The van der Waals surface area contributed by atoms with Gasteiger partial charge >= 0.3 is 0 Å². The molecule has 0 unspecified atom stereocenters. The molecule has 0 spiro atoms. The van der Waals surface area contributed by atoms with Crippen LogP contribution in [0.3, 0.4) is 0 Å². The average Bonchev–Trinajstić information content (AvgIpc) is 2.83. The Bertz CT molecular complexity index is 545. The van der Waals surface area contributed by atoms with Gasteiger partial charge in [-0.25, -0.2) is 0 Å². The summed E-state index contributed by atoms with van der Waals surface area (Å²) in [6, 6.07) is 7.51. The third kappa shape index (κ3) is 3.42. The Hall–Kier alpha value is -2.14. The molecule has 4 N–H and O–H groups in total. The molecule has 1 aromatic heterocycles. The molecule has 0 atom stereocenters. The van der Waals surface area contributed by atoms with E-state index in [1.165, 1.54) is 0 Å². The van der Waals surface area contributed by atoms with Gasteiger partial charge in [-0.05, 0) is 37.6 Å². The topological polar surface area (TPSA) is 83.8 Å². The molecule has 5 heteroatoms. The lowest BCUT2D eigenvalue weighted by molar-refractivity contribution is 0.0951. The third-order valence-electron chi connectivity index (χ3n) is 3.02. The van der Waals surface area contributed by atoms with Gasteiger partial charge in [0.15, 0.2) is 0 Å². The molecule has 100 valence electrons. The molecule has 5 nitrogen and oxygen atoms in total. The van der Waals surface area contributed by atoms with Crippen molar-refractivity contribution in [2.75, 3.05) is 6.54 Å². The lowest BCUT2D eigenvalue weighted by Gasteiger charge is -2.05. The van der Waals surface area contributed by atoms with Gasteiger partial charge in [-0.1, -0.05) is 12.1 Å². The van der Waals surface area contributed by atoms with E-state index in [0.29, 0.717) is 18.7 Å². The summed E-state index contributed by atoms with van der Waals surface area (Å²) >= 11 is 0. The smallest absolute Gasteiger partial charge is 0.251 e. The van der Waals surface area contributed by atoms with Crippen molar-refractivity contribution in [1.29, 1.82) is 0 Å². The van der Waals surface area contributed by atoms with Crippen molar-refractivity contribution in [1.82, 2.24) is 15.5 Å². The number of nitrogens with two attached hydrogens (primary N) is 1. The minimum absolute atomic E-state index is 0.0834. The first-order chi connectivity index (χ1) is 9.20. The number of hydrogen-bond acceptors (Lipinski definition) is 3. The molecule has 0 radical (unpaired) electrons. The maximum absolute atomic E-state index is 12.0. The van der Waals surface area contributed by atoms with Crippen LogP contribution in [0.2, 0.25) is 0 Å². The van der Waals surface area contributed by atoms with E-state index < -0.39 is 0 Å². The number of hydrogen-bond donors (Lipinski definition) is 3. The minimum atomic E-state index is -0.0834. The molecule has 0 saturated carbocycles. The van der Waals surface area contributed by atoms with Crippen LogP contribution >= 0.6 is 0 Å². The fraction of sp³-hybridized carbons (Fsp3) is 0.286. The summed E-state index contributed by atoms with van der Waals surface area (Å²) < 4.78 is 0. The van der Waals surface area contributed by atoms with Crippen LogP contribution in [0, 0.1) is 6.92 Å². The number of H-pyrrole nitrogens is 1. The van der Waals surface area contributed by atoms with Crippen LogP contribution < -0.4 is 11.1 Å². The number of carbonyl (C=O) groups is 1. The van der Waals surface area contributed by atoms with Gasteiger partial charge in [0.1, 0.15) is 0 Å². The fourth-order valence-electron chi connectivity index (χ4n) is 1.82. The quantitative estimate of drug-likeness (QED) is 0.752. The van der Waals surface area contributed by atoms with Crippen LogP contribution in [0.5, 0.6) is 0 Å². The van der Waals surface area contributed by atoms with Crippen molar-refractivity contribution in [3.63, 3.8) is 0 Å². The second kappa shape index (κ2) is 6.15. The van der Waals surface area contributed by atoms with Crippen molar-refractivity contribution in [2.45, 2.75) is 19.9 Å². The summed E-state index contributed by atoms with van der Waals surface area (Å²) in [6.07, 6.45) is 2.55. The molecule has 1 amide bonds. The van der Waals surface area contributed by atoms with Crippen LogP contribution in [0.15, 0.2) is 30.5 Å². The van der Waals surface area contributed by atoms with E-state index >= 15 is 0 Å². The number of aromatic amines is 1. The first kappa shape index (κ1) is 13.3. The summed E-state index contributed by atoms with van der Waals surface area (Å²) in [5.41, 5.74) is 9.25. The van der Waals surface area contributed by atoms with Crippen LogP contribution in [-0.2, 0) is 13.0 Å². The maximum atomic E-state index is 12.0. The summed E-state index contributed by atoms with van der Waals surface area (Å²) in [5.74, 6) is -0.0834. The normalized spacial score (nSPS) is 10.4. The zero-order valence-electron chi connectivity index (χ0n) is 10.9. The number of nitrogens with zero attached hydrogens (tertiary/aromatic N) is 1. The number of rotatable bonds is 5. The number of aryl methyl sites for hydroxylation is 1. The lowest BCUT2D eigenvalue weighted by Crippen LogP contribution is -2.22. The zero-order valence-corrected chi connectivity index (χ0v) is 10.9. The van der Waals surface area contributed by atoms with Crippen molar-refractivity contribution in [3.05, 3.63) is 52.8 Å². The molecular formula is C14H18N4O. The number of aromatic nitrogens is 2. The monoisotopic (exact) mass is 258 g/mol. The van der Waals surface area contributed by atoms with E-state index in [-0.39, 0.29) is 5.91 Å². The predicted octanol–water partition coefficient (Wildman–Crippen LogP) is 1.15. The average molecular weight is 258 g/mol. The van der Waals surface area contributed by atoms with Gasteiger partial charge in [-0.3, -0.25) is 9.89 Å². The number of carbonyl (C=O) groups excluding carboxylic acids is 1. The van der Waals surface area contributed by atoms with Crippen molar-refractivity contribution in [2.24, 2.45) is 5.73 Å². The highest BCUT2D eigenvalue weighted by Crippen LogP contribution is 2.06.